The predicted molar refractivity (Wildman–Crippen MR) is 117 cm³/mol. The van der Waals surface area contributed by atoms with Crippen LogP contribution < -0.4 is 10.0 Å². The maximum Gasteiger partial charge on any atom is 0.249 e. The minimum Gasteiger partial charge on any atom is -0.291 e. The number of nitrogens with two attached hydrogens (primary N) is 1. The molecule has 2 N–H and O–H groups in total. The van der Waals surface area contributed by atoms with Crippen molar-refractivity contribution in [1.29, 1.82) is 0 Å². The molecule has 156 valence electrons. The van der Waals surface area contributed by atoms with E-state index in [2.05, 4.69) is 22.1 Å². The number of primary sulfonamides is 1. The molecule has 30 heavy (non-hydrogen) atoms. The van der Waals surface area contributed by atoms with Crippen LogP contribution in [0, 0.1) is 19.8 Å². The standard InChI is InChI=1S/C21H22N4O3S2/c1-12-5-4-6-18(23-12)15-8-7-14-9-17(11-16(14)10-15)19(26)25(3)21-24-13(2)20(29-21)30(22,27)28/h4-8,10,17H,9,11H2,1-3H3,(H2,22,27,28). The molecule has 1 aliphatic carbocycles. The molecule has 1 atom stereocenters. The monoisotopic (exact) mass is 442 g/mol. The average Bonchev–Trinajstić information content (AvgIpc) is 3.29. The molecule has 0 radical (unpaired) electrons. The molecule has 7 nitrogen and oxygen atoms in total. The molecule has 3 aromatic rings. The van der Waals surface area contributed by atoms with Crippen molar-refractivity contribution in [2.45, 2.75) is 30.9 Å². The van der Waals surface area contributed by atoms with Crippen LogP contribution in [0.3, 0.4) is 0 Å². The second-order valence-electron chi connectivity index (χ2n) is 7.56. The van der Waals surface area contributed by atoms with Crippen LogP contribution in [0.4, 0.5) is 5.13 Å². The highest BCUT2D eigenvalue weighted by Gasteiger charge is 2.32. The molecular weight excluding hydrogens is 420 g/mol. The molecule has 2 heterocycles. The normalized spacial score (nSPS) is 15.8. The summed E-state index contributed by atoms with van der Waals surface area (Å²) in [5.74, 6) is -0.302. The Kier molecular flexibility index (Phi) is 5.21. The minimum atomic E-state index is -3.86. The van der Waals surface area contributed by atoms with Crippen molar-refractivity contribution >= 4 is 32.4 Å². The first kappa shape index (κ1) is 20.6. The molecule has 0 fully saturated rings. The number of aryl methyl sites for hydroxylation is 2. The van der Waals surface area contributed by atoms with E-state index in [1.165, 1.54) is 4.90 Å². The van der Waals surface area contributed by atoms with Gasteiger partial charge in [-0.05, 0) is 56.0 Å². The third-order valence-electron chi connectivity index (χ3n) is 5.29. The van der Waals surface area contributed by atoms with Gasteiger partial charge in [0.15, 0.2) is 9.34 Å². The minimum absolute atomic E-state index is 0.0119. The number of anilines is 1. The Morgan fingerprint density at radius 1 is 1.13 bits per heavy atom. The summed E-state index contributed by atoms with van der Waals surface area (Å²) in [6, 6.07) is 12.1. The number of sulfonamides is 1. The molecule has 1 aromatic carbocycles. The summed E-state index contributed by atoms with van der Waals surface area (Å²) in [4.78, 5) is 23.3. The van der Waals surface area contributed by atoms with E-state index in [-0.39, 0.29) is 16.0 Å². The number of aromatic nitrogens is 2. The highest BCUT2D eigenvalue weighted by Crippen LogP contribution is 2.34. The fourth-order valence-electron chi connectivity index (χ4n) is 3.80. The maximum atomic E-state index is 13.1. The molecule has 1 amide bonds. The summed E-state index contributed by atoms with van der Waals surface area (Å²) < 4.78 is 23.3. The summed E-state index contributed by atoms with van der Waals surface area (Å²) in [7, 11) is -2.23. The summed E-state index contributed by atoms with van der Waals surface area (Å²) in [5.41, 5.74) is 5.51. The molecule has 0 bridgehead atoms. The molecule has 1 aliphatic rings. The van der Waals surface area contributed by atoms with Crippen LogP contribution in [0.25, 0.3) is 11.3 Å². The second kappa shape index (κ2) is 7.57. The lowest BCUT2D eigenvalue weighted by atomic mass is 10.0. The number of pyridine rings is 1. The number of hydrogen-bond donors (Lipinski definition) is 1. The SMILES string of the molecule is Cc1cccc(-c2ccc3c(c2)CC(C(=O)N(C)c2nc(C)c(S(N)(=O)=O)s2)C3)n1. The molecule has 0 aliphatic heterocycles. The number of rotatable bonds is 4. The van der Waals surface area contributed by atoms with Gasteiger partial charge in [0, 0.05) is 24.2 Å². The van der Waals surface area contributed by atoms with Crippen molar-refractivity contribution in [3.63, 3.8) is 0 Å². The van der Waals surface area contributed by atoms with E-state index in [1.54, 1.807) is 14.0 Å². The van der Waals surface area contributed by atoms with Gasteiger partial charge in [-0.1, -0.05) is 29.5 Å². The van der Waals surface area contributed by atoms with Crippen molar-refractivity contribution < 1.29 is 13.2 Å². The lowest BCUT2D eigenvalue weighted by Gasteiger charge is -2.18. The quantitative estimate of drug-likeness (QED) is 0.669. The predicted octanol–water partition coefficient (Wildman–Crippen LogP) is 2.85. The van der Waals surface area contributed by atoms with Crippen molar-refractivity contribution in [3.05, 3.63) is 58.9 Å². The van der Waals surface area contributed by atoms with Gasteiger partial charge >= 0.3 is 0 Å². The zero-order chi connectivity index (χ0) is 21.6. The van der Waals surface area contributed by atoms with Crippen LogP contribution in [-0.2, 0) is 27.7 Å². The Labute approximate surface area is 179 Å². The van der Waals surface area contributed by atoms with E-state index in [0.29, 0.717) is 23.7 Å². The third-order valence-corrected chi connectivity index (χ3v) is 8.08. The Balaban J connectivity index is 1.55. The van der Waals surface area contributed by atoms with E-state index in [4.69, 9.17) is 5.14 Å². The molecule has 0 spiro atoms. The molecule has 2 aromatic heterocycles. The molecule has 9 heteroatoms. The summed E-state index contributed by atoms with van der Waals surface area (Å²) in [5, 5.41) is 5.57. The summed E-state index contributed by atoms with van der Waals surface area (Å²) >= 11 is 0.919. The van der Waals surface area contributed by atoms with Gasteiger partial charge in [0.25, 0.3) is 0 Å². The number of carbonyl (C=O) groups excluding carboxylic acids is 1. The Hall–Kier alpha value is -2.62. The molecule has 4 rings (SSSR count). The van der Waals surface area contributed by atoms with Gasteiger partial charge in [0.05, 0.1) is 11.4 Å². The fourth-order valence-corrected chi connectivity index (χ4v) is 5.71. The van der Waals surface area contributed by atoms with Gasteiger partial charge in [-0.25, -0.2) is 18.5 Å². The smallest absolute Gasteiger partial charge is 0.249 e. The van der Waals surface area contributed by atoms with Crippen LogP contribution in [0.15, 0.2) is 40.6 Å². The van der Waals surface area contributed by atoms with Crippen LogP contribution in [0.1, 0.15) is 22.5 Å². The maximum absolute atomic E-state index is 13.1. The van der Waals surface area contributed by atoms with Crippen molar-refractivity contribution in [2.24, 2.45) is 11.1 Å². The van der Waals surface area contributed by atoms with Gasteiger partial charge in [0.2, 0.25) is 15.9 Å². The Morgan fingerprint density at radius 3 is 2.53 bits per heavy atom. The van der Waals surface area contributed by atoms with Crippen LogP contribution in [-0.4, -0.2) is 31.3 Å². The number of carbonyl (C=O) groups is 1. The first-order chi connectivity index (χ1) is 14.1. The lowest BCUT2D eigenvalue weighted by Crippen LogP contribution is -2.33. The van der Waals surface area contributed by atoms with E-state index in [9.17, 15) is 13.2 Å². The highest BCUT2D eigenvalue weighted by molar-refractivity contribution is 7.91. The zero-order valence-corrected chi connectivity index (χ0v) is 18.5. The van der Waals surface area contributed by atoms with Gasteiger partial charge in [-0.2, -0.15) is 0 Å². The van der Waals surface area contributed by atoms with E-state index >= 15 is 0 Å². The van der Waals surface area contributed by atoms with Crippen molar-refractivity contribution in [3.8, 4) is 11.3 Å². The summed E-state index contributed by atoms with van der Waals surface area (Å²) in [6.07, 6.45) is 1.27. The number of hydrogen-bond acceptors (Lipinski definition) is 6. The fraction of sp³-hybridized carbons (Fsp3) is 0.286. The van der Waals surface area contributed by atoms with Gasteiger partial charge in [0.1, 0.15) is 0 Å². The third kappa shape index (κ3) is 3.88. The highest BCUT2D eigenvalue weighted by atomic mass is 32.2. The number of amides is 1. The zero-order valence-electron chi connectivity index (χ0n) is 16.9. The van der Waals surface area contributed by atoms with Crippen LogP contribution >= 0.6 is 11.3 Å². The molecule has 1 unspecified atom stereocenters. The van der Waals surface area contributed by atoms with E-state index < -0.39 is 10.0 Å². The van der Waals surface area contributed by atoms with Crippen molar-refractivity contribution in [1.82, 2.24) is 9.97 Å². The first-order valence-electron chi connectivity index (χ1n) is 9.47. The van der Waals surface area contributed by atoms with Gasteiger partial charge in [-0.3, -0.25) is 14.7 Å². The van der Waals surface area contributed by atoms with Crippen LogP contribution in [0.2, 0.25) is 0 Å². The van der Waals surface area contributed by atoms with Crippen LogP contribution in [0.5, 0.6) is 0 Å². The lowest BCUT2D eigenvalue weighted by molar-refractivity contribution is -0.121. The van der Waals surface area contributed by atoms with Gasteiger partial charge < -0.3 is 0 Å². The Morgan fingerprint density at radius 2 is 1.87 bits per heavy atom. The molecule has 0 saturated heterocycles. The first-order valence-corrected chi connectivity index (χ1v) is 11.8. The van der Waals surface area contributed by atoms with Crippen molar-refractivity contribution in [2.75, 3.05) is 11.9 Å². The van der Waals surface area contributed by atoms with E-state index in [1.807, 2.05) is 31.2 Å². The Bertz CT molecular complexity index is 1250. The number of nitrogens with zero attached hydrogens (tertiary/aromatic N) is 3. The van der Waals surface area contributed by atoms with Gasteiger partial charge in [-0.15, -0.1) is 0 Å². The number of thiazole rings is 1. The second-order valence-corrected chi connectivity index (χ2v) is 10.3. The summed E-state index contributed by atoms with van der Waals surface area (Å²) in [6.45, 7) is 3.54. The largest absolute Gasteiger partial charge is 0.291 e. The van der Waals surface area contributed by atoms with E-state index in [0.717, 1.165) is 39.4 Å². The topological polar surface area (TPSA) is 106 Å². The molecule has 0 saturated carbocycles. The molecular formula is C21H22N4O3S2. The number of benzene rings is 1. The number of fused-ring (bicyclic) bond motifs is 1. The average molecular weight is 443 g/mol.